The predicted molar refractivity (Wildman–Crippen MR) is 65.7 cm³/mol. The van der Waals surface area contributed by atoms with Crippen molar-refractivity contribution in [3.63, 3.8) is 0 Å². The zero-order valence-electron chi connectivity index (χ0n) is 7.38. The van der Waals surface area contributed by atoms with Crippen LogP contribution in [-0.2, 0) is 4.75 Å². The first-order chi connectivity index (χ1) is 5.73. The van der Waals surface area contributed by atoms with E-state index in [9.17, 15) is 0 Å². The van der Waals surface area contributed by atoms with Gasteiger partial charge < -0.3 is 0 Å². The fourth-order valence-electron chi connectivity index (χ4n) is 1.09. The summed E-state index contributed by atoms with van der Waals surface area (Å²) in [5.74, 6) is 0. The van der Waals surface area contributed by atoms with Crippen LogP contribution in [0.3, 0.4) is 0 Å². The third-order valence-electron chi connectivity index (χ3n) is 2.23. The highest BCUT2D eigenvalue weighted by molar-refractivity contribution is 14.2. The van der Waals surface area contributed by atoms with E-state index >= 15 is 0 Å². The fourth-order valence-corrected chi connectivity index (χ4v) is 3.13. The normalized spacial score (nSPS) is 15.6. The van der Waals surface area contributed by atoms with Gasteiger partial charge >= 0.3 is 0 Å². The Kier molecular flexibility index (Phi) is 3.90. The minimum Gasteiger partial charge on any atom is -0.0780 e. The molecule has 0 heterocycles. The van der Waals surface area contributed by atoms with Crippen molar-refractivity contribution < 1.29 is 0 Å². The molecule has 0 amide bonds. The van der Waals surface area contributed by atoms with Crippen molar-refractivity contribution >= 4 is 30.1 Å². The molecule has 0 fully saturated rings. The monoisotopic (exact) mass is 292 g/mol. The molecule has 0 aliphatic carbocycles. The number of hydrogen-bond donors (Lipinski definition) is 0. The van der Waals surface area contributed by atoms with E-state index in [-0.39, 0.29) is 4.75 Å². The summed E-state index contributed by atoms with van der Waals surface area (Å²) in [7, 11) is 1.90. The summed E-state index contributed by atoms with van der Waals surface area (Å²) < 4.78 is 0.280. The molecule has 0 radical (unpaired) electrons. The van der Waals surface area contributed by atoms with Crippen LogP contribution in [0, 0.1) is 0 Å². The molecule has 12 heavy (non-hydrogen) atoms. The number of halogens is 1. The lowest BCUT2D eigenvalue weighted by atomic mass is 9.98. The molecule has 1 rings (SSSR count). The van der Waals surface area contributed by atoms with Crippen LogP contribution in [0.5, 0.6) is 0 Å². The summed E-state index contributed by atoms with van der Waals surface area (Å²) in [4.78, 5) is 0. The lowest BCUT2D eigenvalue weighted by molar-refractivity contribution is 0.670. The molecule has 2 heteroatoms. The van der Waals surface area contributed by atoms with Crippen molar-refractivity contribution in [1.82, 2.24) is 0 Å². The van der Waals surface area contributed by atoms with Crippen molar-refractivity contribution in [2.45, 2.75) is 25.0 Å². The first kappa shape index (κ1) is 10.4. The van der Waals surface area contributed by atoms with Gasteiger partial charge in [-0.1, -0.05) is 46.2 Å². The van der Waals surface area contributed by atoms with Gasteiger partial charge in [-0.05, 0) is 40.1 Å². The summed E-state index contributed by atoms with van der Waals surface area (Å²) in [5, 5.41) is 0. The van der Waals surface area contributed by atoms with E-state index in [1.54, 1.807) is 0 Å². The molecular formula is C10H13IS. The van der Waals surface area contributed by atoms with Crippen LogP contribution in [-0.4, -0.2) is 0 Å². The van der Waals surface area contributed by atoms with Gasteiger partial charge in [-0.3, -0.25) is 0 Å². The van der Waals surface area contributed by atoms with Crippen LogP contribution >= 0.6 is 30.1 Å². The highest BCUT2D eigenvalue weighted by Gasteiger charge is 2.23. The average Bonchev–Trinajstić information content (AvgIpc) is 2.18. The Morgan fingerprint density at radius 3 is 2.33 bits per heavy atom. The molecule has 0 nitrogen and oxygen atoms in total. The van der Waals surface area contributed by atoms with Crippen LogP contribution in [0.4, 0.5) is 0 Å². The molecule has 0 saturated carbocycles. The molecule has 1 aromatic carbocycles. The van der Waals surface area contributed by atoms with Crippen LogP contribution in [0.1, 0.15) is 25.8 Å². The third-order valence-corrected chi connectivity index (χ3v) is 6.01. The van der Waals surface area contributed by atoms with Gasteiger partial charge in [0.15, 0.2) is 0 Å². The van der Waals surface area contributed by atoms with Gasteiger partial charge in [0.25, 0.3) is 0 Å². The van der Waals surface area contributed by atoms with Crippen LogP contribution in [0.2, 0.25) is 0 Å². The Bertz CT molecular complexity index is 229. The maximum atomic E-state index is 2.39. The molecule has 0 aliphatic rings. The molecule has 0 bridgehead atoms. The third kappa shape index (κ3) is 2.16. The summed E-state index contributed by atoms with van der Waals surface area (Å²) >= 11 is 2.39. The lowest BCUT2D eigenvalue weighted by Gasteiger charge is -2.24. The predicted octanol–water partition coefficient (Wildman–Crippen LogP) is 4.40. The van der Waals surface area contributed by atoms with Gasteiger partial charge in [0.05, 0.1) is 0 Å². The molecule has 0 spiro atoms. The van der Waals surface area contributed by atoms with Gasteiger partial charge in [-0.15, -0.1) is 0 Å². The van der Waals surface area contributed by atoms with E-state index in [4.69, 9.17) is 0 Å². The fraction of sp³-hybridized carbons (Fsp3) is 0.400. The first-order valence-electron chi connectivity index (χ1n) is 4.08. The highest BCUT2D eigenvalue weighted by Crippen LogP contribution is 2.42. The topological polar surface area (TPSA) is 0 Å². The maximum absolute atomic E-state index is 2.39. The van der Waals surface area contributed by atoms with Crippen molar-refractivity contribution in [3.05, 3.63) is 35.9 Å². The van der Waals surface area contributed by atoms with Gasteiger partial charge in [0.1, 0.15) is 0 Å². The number of rotatable bonds is 3. The molecule has 0 N–H and O–H groups in total. The van der Waals surface area contributed by atoms with Crippen LogP contribution < -0.4 is 0 Å². The molecular weight excluding hydrogens is 279 g/mol. The second kappa shape index (κ2) is 4.51. The number of benzene rings is 1. The van der Waals surface area contributed by atoms with E-state index in [2.05, 4.69) is 65.4 Å². The zero-order valence-corrected chi connectivity index (χ0v) is 10.4. The minimum atomic E-state index is 0.280. The molecule has 0 saturated heterocycles. The van der Waals surface area contributed by atoms with Crippen LogP contribution in [0.15, 0.2) is 30.3 Å². The van der Waals surface area contributed by atoms with E-state index < -0.39 is 0 Å². The molecule has 1 aromatic rings. The van der Waals surface area contributed by atoms with E-state index in [1.165, 1.54) is 12.0 Å². The smallest absolute Gasteiger partial charge is 0.0477 e. The summed E-state index contributed by atoms with van der Waals surface area (Å²) in [6.45, 7) is 4.53. The zero-order chi connectivity index (χ0) is 9.03. The van der Waals surface area contributed by atoms with Crippen molar-refractivity contribution in [2.24, 2.45) is 0 Å². The second-order valence-corrected chi connectivity index (χ2v) is 5.40. The Hall–Kier alpha value is 0.300. The Morgan fingerprint density at radius 2 is 1.92 bits per heavy atom. The molecule has 1 atom stereocenters. The quantitative estimate of drug-likeness (QED) is 0.744. The van der Waals surface area contributed by atoms with E-state index in [0.717, 1.165) is 0 Å². The Morgan fingerprint density at radius 1 is 1.33 bits per heavy atom. The van der Waals surface area contributed by atoms with E-state index in [0.29, 0.717) is 0 Å². The second-order valence-electron chi connectivity index (χ2n) is 3.03. The lowest BCUT2D eigenvalue weighted by Crippen LogP contribution is -2.13. The molecule has 0 aromatic heterocycles. The maximum Gasteiger partial charge on any atom is 0.0477 e. The summed E-state index contributed by atoms with van der Waals surface area (Å²) in [5.41, 5.74) is 1.42. The SMILES string of the molecule is CCC(C)(SI)c1ccccc1. The van der Waals surface area contributed by atoms with Gasteiger partial charge in [-0.25, -0.2) is 0 Å². The van der Waals surface area contributed by atoms with E-state index in [1.807, 2.05) is 8.93 Å². The largest absolute Gasteiger partial charge is 0.0780 e. The van der Waals surface area contributed by atoms with Crippen molar-refractivity contribution in [2.75, 3.05) is 0 Å². The summed E-state index contributed by atoms with van der Waals surface area (Å²) in [6.07, 6.45) is 1.17. The van der Waals surface area contributed by atoms with Gasteiger partial charge in [0.2, 0.25) is 0 Å². The Labute approximate surface area is 90.7 Å². The van der Waals surface area contributed by atoms with Gasteiger partial charge in [0, 0.05) is 4.75 Å². The van der Waals surface area contributed by atoms with Crippen LogP contribution in [0.25, 0.3) is 0 Å². The number of hydrogen-bond acceptors (Lipinski definition) is 1. The average molecular weight is 292 g/mol. The molecule has 1 unspecified atom stereocenters. The summed E-state index contributed by atoms with van der Waals surface area (Å²) in [6, 6.07) is 10.7. The molecule has 0 aliphatic heterocycles. The first-order valence-corrected chi connectivity index (χ1v) is 7.44. The highest BCUT2D eigenvalue weighted by atomic mass is 127. The standard InChI is InChI=1S/C10H13IS/c1-3-10(2,12-11)9-7-5-4-6-8-9/h4-8H,3H2,1-2H3. The van der Waals surface area contributed by atoms with Crippen molar-refractivity contribution in [3.8, 4) is 0 Å². The Balaban J connectivity index is 2.95. The van der Waals surface area contributed by atoms with Crippen molar-refractivity contribution in [1.29, 1.82) is 0 Å². The van der Waals surface area contributed by atoms with Gasteiger partial charge in [-0.2, -0.15) is 0 Å². The molecule has 66 valence electrons. The minimum absolute atomic E-state index is 0.280.